The molecule has 0 aliphatic heterocycles. The molecule has 0 atom stereocenters. The predicted molar refractivity (Wildman–Crippen MR) is 121 cm³/mol. The van der Waals surface area contributed by atoms with Crippen LogP contribution in [0.1, 0.15) is 116 Å². The molecule has 0 unspecified atom stereocenters. The first kappa shape index (κ1) is 32.5. The maximum absolute atomic E-state index is 12.0. The van der Waals surface area contributed by atoms with Gasteiger partial charge >= 0.3 is 24.2 Å². The highest BCUT2D eigenvalue weighted by Gasteiger charge is 2.38. The van der Waals surface area contributed by atoms with Crippen molar-refractivity contribution in [3.8, 4) is 0 Å². The second-order valence-corrected chi connectivity index (χ2v) is 8.87. The summed E-state index contributed by atoms with van der Waals surface area (Å²) < 4.78 is 72.0. The third-order valence-electron chi connectivity index (χ3n) is 5.69. The van der Waals surface area contributed by atoms with Crippen LogP contribution >= 0.6 is 0 Å². The van der Waals surface area contributed by atoms with Gasteiger partial charge in [0.1, 0.15) is 0 Å². The molecule has 34 heavy (non-hydrogen) atoms. The summed E-state index contributed by atoms with van der Waals surface area (Å²) in [6, 6.07) is 0. The zero-order valence-electron chi connectivity index (χ0n) is 20.2. The van der Waals surface area contributed by atoms with E-state index in [1.807, 2.05) is 10.6 Å². The van der Waals surface area contributed by atoms with E-state index in [1.54, 1.807) is 0 Å². The van der Waals surface area contributed by atoms with Gasteiger partial charge in [0.25, 0.3) is 0 Å². The number of carbonyl (C=O) groups is 2. The number of hydrogen-bond acceptors (Lipinski definition) is 2. The lowest BCUT2D eigenvalue weighted by Gasteiger charge is -2.07. The van der Waals surface area contributed by atoms with Gasteiger partial charge in [-0.3, -0.25) is 9.59 Å². The number of amides is 2. The molecule has 0 bridgehead atoms. The van der Waals surface area contributed by atoms with Crippen LogP contribution in [-0.2, 0) is 9.59 Å². The molecule has 0 heterocycles. The third kappa shape index (κ3) is 21.1. The van der Waals surface area contributed by atoms with Crippen molar-refractivity contribution < 1.29 is 35.9 Å². The molecule has 0 fully saturated rings. The van der Waals surface area contributed by atoms with Crippen LogP contribution in [-0.4, -0.2) is 37.3 Å². The van der Waals surface area contributed by atoms with Gasteiger partial charge in [0.15, 0.2) is 0 Å². The van der Waals surface area contributed by atoms with Gasteiger partial charge in [0.2, 0.25) is 0 Å². The fourth-order valence-corrected chi connectivity index (χ4v) is 3.68. The Morgan fingerprint density at radius 3 is 0.735 bits per heavy atom. The highest BCUT2D eigenvalue weighted by Crippen LogP contribution is 2.16. The minimum Gasteiger partial charge on any atom is -0.348 e. The highest BCUT2D eigenvalue weighted by molar-refractivity contribution is 5.81. The summed E-state index contributed by atoms with van der Waals surface area (Å²) in [5, 5.41) is 3.77. The smallest absolute Gasteiger partial charge is 0.348 e. The van der Waals surface area contributed by atoms with Crippen LogP contribution in [0.3, 0.4) is 0 Å². The van der Waals surface area contributed by atoms with Crippen molar-refractivity contribution in [2.24, 2.45) is 0 Å². The number of halogens is 6. The van der Waals surface area contributed by atoms with Gasteiger partial charge in [-0.2, -0.15) is 26.3 Å². The maximum atomic E-state index is 12.0. The van der Waals surface area contributed by atoms with E-state index >= 15 is 0 Å². The molecule has 0 aliphatic carbocycles. The van der Waals surface area contributed by atoms with Crippen LogP contribution in [0.15, 0.2) is 0 Å². The van der Waals surface area contributed by atoms with Gasteiger partial charge in [0, 0.05) is 13.1 Å². The van der Waals surface area contributed by atoms with Crippen LogP contribution < -0.4 is 10.6 Å². The Morgan fingerprint density at radius 2 is 0.559 bits per heavy atom. The Labute approximate surface area is 200 Å². The summed E-state index contributed by atoms with van der Waals surface area (Å²) >= 11 is 0. The van der Waals surface area contributed by atoms with Crippen LogP contribution in [0.2, 0.25) is 0 Å². The van der Waals surface area contributed by atoms with E-state index in [9.17, 15) is 35.9 Å². The average Bonchev–Trinajstić information content (AvgIpc) is 2.75. The quantitative estimate of drug-likeness (QED) is 0.127. The Bertz CT molecular complexity index is 479. The third-order valence-corrected chi connectivity index (χ3v) is 5.69. The average molecular weight is 505 g/mol. The van der Waals surface area contributed by atoms with Gasteiger partial charge in [-0.1, -0.05) is 103 Å². The molecule has 0 aromatic heterocycles. The minimum atomic E-state index is -4.79. The lowest BCUT2D eigenvalue weighted by Crippen LogP contribution is -2.37. The summed E-state index contributed by atoms with van der Waals surface area (Å²) in [5.41, 5.74) is 0. The molecule has 10 heteroatoms. The summed E-state index contributed by atoms with van der Waals surface area (Å²) in [6.45, 7) is 0.154. The largest absolute Gasteiger partial charge is 0.471 e. The van der Waals surface area contributed by atoms with Gasteiger partial charge in [0.05, 0.1) is 0 Å². The van der Waals surface area contributed by atoms with Gasteiger partial charge in [-0.05, 0) is 12.8 Å². The molecule has 2 N–H and O–H groups in total. The number of rotatable bonds is 21. The molecule has 2 amide bonds. The number of unbranched alkanes of at least 4 members (excludes halogenated alkanes) is 17. The number of alkyl halides is 6. The normalized spacial score (nSPS) is 12.1. The molecule has 4 nitrogen and oxygen atoms in total. The zero-order valence-corrected chi connectivity index (χ0v) is 20.2. The summed E-state index contributed by atoms with van der Waals surface area (Å²) in [6.07, 6.45) is 9.37. The molecule has 0 aromatic rings. The fourth-order valence-electron chi connectivity index (χ4n) is 3.68. The van der Waals surface area contributed by atoms with Gasteiger partial charge < -0.3 is 10.6 Å². The Kier molecular flexibility index (Phi) is 18.9. The predicted octanol–water partition coefficient (Wildman–Crippen LogP) is 7.37. The molecule has 0 aromatic carbocycles. The van der Waals surface area contributed by atoms with E-state index in [2.05, 4.69) is 0 Å². The summed E-state index contributed by atoms with van der Waals surface area (Å²) in [5.74, 6) is -3.72. The monoisotopic (exact) mass is 504 g/mol. The van der Waals surface area contributed by atoms with Crippen LogP contribution in [0, 0.1) is 0 Å². The van der Waals surface area contributed by atoms with Crippen molar-refractivity contribution in [1.82, 2.24) is 10.6 Å². The Balaban J connectivity index is 3.18. The van der Waals surface area contributed by atoms with E-state index in [4.69, 9.17) is 0 Å². The van der Waals surface area contributed by atoms with Gasteiger partial charge in [-0.15, -0.1) is 0 Å². The lowest BCUT2D eigenvalue weighted by atomic mass is 10.0. The fraction of sp³-hybridized carbons (Fsp3) is 0.917. The maximum Gasteiger partial charge on any atom is 0.471 e. The molecule has 0 saturated carbocycles. The molecule has 0 saturated heterocycles. The number of nitrogens with one attached hydrogen (secondary N) is 2. The second kappa shape index (κ2) is 19.8. The van der Waals surface area contributed by atoms with Crippen molar-refractivity contribution in [2.75, 3.05) is 13.1 Å². The van der Waals surface area contributed by atoms with E-state index in [1.165, 1.54) is 51.4 Å². The molecular formula is C24H42F6N2O2. The minimum absolute atomic E-state index is 0.0770. The van der Waals surface area contributed by atoms with E-state index in [0.29, 0.717) is 12.8 Å². The van der Waals surface area contributed by atoms with E-state index in [0.717, 1.165) is 51.4 Å². The van der Waals surface area contributed by atoms with Crippen molar-refractivity contribution >= 4 is 11.8 Å². The molecule has 0 spiro atoms. The first-order valence-corrected chi connectivity index (χ1v) is 12.7. The number of hydrogen-bond donors (Lipinski definition) is 2. The van der Waals surface area contributed by atoms with Crippen LogP contribution in [0.5, 0.6) is 0 Å². The van der Waals surface area contributed by atoms with Crippen LogP contribution in [0.4, 0.5) is 26.3 Å². The molecule has 0 radical (unpaired) electrons. The van der Waals surface area contributed by atoms with Crippen molar-refractivity contribution in [3.05, 3.63) is 0 Å². The molecule has 0 aliphatic rings. The van der Waals surface area contributed by atoms with Crippen molar-refractivity contribution in [1.29, 1.82) is 0 Å². The first-order valence-electron chi connectivity index (χ1n) is 12.7. The van der Waals surface area contributed by atoms with E-state index < -0.39 is 24.2 Å². The molecular weight excluding hydrogens is 462 g/mol. The SMILES string of the molecule is O=C(NCCCCCCCCCCCCCCCCCCCCNC(=O)C(F)(F)F)C(F)(F)F. The van der Waals surface area contributed by atoms with Gasteiger partial charge in [-0.25, -0.2) is 0 Å². The Hall–Kier alpha value is -1.48. The van der Waals surface area contributed by atoms with Crippen molar-refractivity contribution in [2.45, 2.75) is 128 Å². The summed E-state index contributed by atoms with van der Waals surface area (Å²) in [7, 11) is 0. The number of carbonyl (C=O) groups excluding carboxylic acids is 2. The Morgan fingerprint density at radius 1 is 0.382 bits per heavy atom. The van der Waals surface area contributed by atoms with E-state index in [-0.39, 0.29) is 13.1 Å². The van der Waals surface area contributed by atoms with Crippen molar-refractivity contribution in [3.63, 3.8) is 0 Å². The van der Waals surface area contributed by atoms with Crippen LogP contribution in [0.25, 0.3) is 0 Å². The molecule has 0 rings (SSSR count). The second-order valence-electron chi connectivity index (χ2n) is 8.87. The summed E-state index contributed by atoms with van der Waals surface area (Å²) in [4.78, 5) is 21.3. The topological polar surface area (TPSA) is 58.2 Å². The molecule has 202 valence electrons. The zero-order chi connectivity index (χ0) is 25.7. The lowest BCUT2D eigenvalue weighted by molar-refractivity contribution is -0.173. The first-order chi connectivity index (χ1) is 16.0. The highest BCUT2D eigenvalue weighted by atomic mass is 19.4. The standard InChI is InChI=1S/C24H42F6N2O2/c25-23(26,27)21(33)31-19-17-15-13-11-9-7-5-3-1-2-4-6-8-10-12-14-16-18-20-32-22(34)24(28,29)30/h1-20H2,(H,31,33)(H,32,34).